The minimum absolute atomic E-state index is 0.172. The molecule has 0 fully saturated rings. The van der Waals surface area contributed by atoms with Gasteiger partial charge in [0, 0.05) is 7.05 Å². The van der Waals surface area contributed by atoms with Gasteiger partial charge in [-0.25, -0.2) is 4.68 Å². The fourth-order valence-corrected chi connectivity index (χ4v) is 1.23. The van der Waals surface area contributed by atoms with Crippen molar-refractivity contribution in [3.63, 3.8) is 0 Å². The average molecular weight is 183 g/mol. The predicted molar refractivity (Wildman–Crippen MR) is 45.2 cm³/mol. The Labute approximate surface area is 76.8 Å². The van der Waals surface area contributed by atoms with Gasteiger partial charge < -0.3 is 9.90 Å². The molecule has 72 valence electrons. The lowest BCUT2D eigenvalue weighted by Crippen LogP contribution is -2.43. The topological polar surface area (TPSA) is 52.2 Å². The second-order valence-electron chi connectivity index (χ2n) is 3.12. The minimum Gasteiger partial charge on any atom is -0.543 e. The van der Waals surface area contributed by atoms with Gasteiger partial charge in [-0.3, -0.25) is 4.90 Å². The number of aromatic carboxylic acids is 1. The molecule has 0 aliphatic carbocycles. The number of carboxylic acids is 1. The van der Waals surface area contributed by atoms with Crippen LogP contribution in [0, 0.1) is 0 Å². The number of rotatable bonds is 2. The second-order valence-corrected chi connectivity index (χ2v) is 3.12. The first-order valence-corrected chi connectivity index (χ1v) is 3.90. The van der Waals surface area contributed by atoms with Gasteiger partial charge >= 0.3 is 0 Å². The summed E-state index contributed by atoms with van der Waals surface area (Å²) in [6.07, 6.45) is 0. The molecule has 0 aromatic carbocycles. The van der Waals surface area contributed by atoms with E-state index >= 15 is 0 Å². The summed E-state index contributed by atoms with van der Waals surface area (Å²) < 4.78 is 3.27. The highest BCUT2D eigenvalue weighted by Crippen LogP contribution is 2.07. The van der Waals surface area contributed by atoms with E-state index in [0.29, 0.717) is 0 Å². The molecule has 0 spiro atoms. The van der Waals surface area contributed by atoms with Crippen molar-refractivity contribution in [1.82, 2.24) is 4.68 Å². The summed E-state index contributed by atoms with van der Waals surface area (Å²) in [6, 6.07) is 1.58. The third kappa shape index (κ3) is 1.49. The summed E-state index contributed by atoms with van der Waals surface area (Å²) in [5.41, 5.74) is 0.172. The Kier molecular flexibility index (Phi) is 2.27. The third-order valence-corrected chi connectivity index (χ3v) is 2.06. The summed E-state index contributed by atoms with van der Waals surface area (Å²) in [7, 11) is 7.18. The molecule has 0 amide bonds. The molecule has 13 heavy (non-hydrogen) atoms. The van der Waals surface area contributed by atoms with Gasteiger partial charge in [0.15, 0.2) is 0 Å². The molecule has 5 heteroatoms. The van der Waals surface area contributed by atoms with Gasteiger partial charge in [0.1, 0.15) is 12.7 Å². The van der Waals surface area contributed by atoms with Crippen LogP contribution in [0.25, 0.3) is 0 Å². The van der Waals surface area contributed by atoms with Gasteiger partial charge in [-0.2, -0.15) is 4.68 Å². The van der Waals surface area contributed by atoms with Crippen LogP contribution in [-0.2, 0) is 14.1 Å². The van der Waals surface area contributed by atoms with E-state index in [1.165, 1.54) is 4.68 Å². The highest BCUT2D eigenvalue weighted by atomic mass is 16.4. The monoisotopic (exact) mass is 183 g/mol. The van der Waals surface area contributed by atoms with Crippen molar-refractivity contribution in [2.24, 2.45) is 14.1 Å². The van der Waals surface area contributed by atoms with Crippen LogP contribution in [0.1, 0.15) is 10.5 Å². The number of hydrogen-bond donors (Lipinski definition) is 0. The van der Waals surface area contributed by atoms with Crippen LogP contribution < -0.4 is 14.7 Å². The molecule has 5 nitrogen and oxygen atoms in total. The van der Waals surface area contributed by atoms with Crippen molar-refractivity contribution in [2.75, 3.05) is 19.0 Å². The lowest BCUT2D eigenvalue weighted by Gasteiger charge is -2.04. The number of carbonyl (C=O) groups excluding carboxylic acids is 1. The summed E-state index contributed by atoms with van der Waals surface area (Å²) in [5.74, 6) is -0.340. The van der Waals surface area contributed by atoms with E-state index < -0.39 is 5.97 Å². The molecule has 1 heterocycles. The van der Waals surface area contributed by atoms with Crippen LogP contribution in [0.4, 0.5) is 5.82 Å². The van der Waals surface area contributed by atoms with Crippen LogP contribution in [0.2, 0.25) is 0 Å². The summed E-state index contributed by atoms with van der Waals surface area (Å²) in [5, 5.41) is 10.6. The van der Waals surface area contributed by atoms with E-state index in [1.54, 1.807) is 24.8 Å². The van der Waals surface area contributed by atoms with Crippen molar-refractivity contribution in [2.45, 2.75) is 0 Å². The highest BCUT2D eigenvalue weighted by molar-refractivity contribution is 5.84. The van der Waals surface area contributed by atoms with Crippen LogP contribution in [0.5, 0.6) is 0 Å². The second kappa shape index (κ2) is 3.08. The van der Waals surface area contributed by atoms with Gasteiger partial charge in [0.2, 0.25) is 0 Å². The highest BCUT2D eigenvalue weighted by Gasteiger charge is 2.16. The number of anilines is 1. The molecule has 1 aromatic heterocycles. The first-order valence-electron chi connectivity index (χ1n) is 3.90. The Morgan fingerprint density at radius 3 is 2.38 bits per heavy atom. The normalized spacial score (nSPS) is 10.2. The van der Waals surface area contributed by atoms with Gasteiger partial charge in [-0.15, -0.1) is 0 Å². The van der Waals surface area contributed by atoms with Crippen molar-refractivity contribution in [1.29, 1.82) is 0 Å². The predicted octanol–water partition coefficient (Wildman–Crippen LogP) is -1.72. The van der Waals surface area contributed by atoms with Gasteiger partial charge in [0.05, 0.1) is 26.1 Å². The average Bonchev–Trinajstić information content (AvgIpc) is 2.29. The molecule has 0 radical (unpaired) electrons. The van der Waals surface area contributed by atoms with Gasteiger partial charge in [-0.05, 0) is 0 Å². The maximum atomic E-state index is 10.6. The summed E-state index contributed by atoms with van der Waals surface area (Å²) in [6.45, 7) is 0. The molecule has 0 atom stereocenters. The molecular weight excluding hydrogens is 170 g/mol. The number of hydrogen-bond acceptors (Lipinski definition) is 3. The molecule has 1 aromatic rings. The SMILES string of the molecule is CN(C)c1cc(C(=O)[O-])n(C)[n+]1C. The minimum atomic E-state index is -1.16. The number of nitrogens with zero attached hydrogens (tertiary/aromatic N) is 3. The van der Waals surface area contributed by atoms with E-state index in [0.717, 1.165) is 5.82 Å². The Morgan fingerprint density at radius 2 is 2.15 bits per heavy atom. The molecule has 0 unspecified atom stereocenters. The van der Waals surface area contributed by atoms with E-state index in [4.69, 9.17) is 0 Å². The molecule has 0 aliphatic heterocycles. The standard InChI is InChI=1S/C8H13N3O2/c1-9(2)7-5-6(8(12)13)10(3)11(7)4/h5H,1-4H3. The summed E-state index contributed by atoms with van der Waals surface area (Å²) in [4.78, 5) is 12.5. The lowest BCUT2D eigenvalue weighted by molar-refractivity contribution is -0.739. The fraction of sp³-hybridized carbons (Fsp3) is 0.500. The number of carboxylic acid groups (broad SMARTS) is 1. The van der Waals surface area contributed by atoms with Crippen molar-refractivity contribution in [3.8, 4) is 0 Å². The maximum Gasteiger partial charge on any atom is 0.297 e. The number of aromatic nitrogens is 2. The largest absolute Gasteiger partial charge is 0.543 e. The van der Waals surface area contributed by atoms with E-state index in [2.05, 4.69) is 0 Å². The van der Waals surface area contributed by atoms with Crippen molar-refractivity contribution < 1.29 is 14.6 Å². The van der Waals surface area contributed by atoms with Gasteiger partial charge in [-0.1, -0.05) is 0 Å². The van der Waals surface area contributed by atoms with Gasteiger partial charge in [0.25, 0.3) is 5.82 Å². The van der Waals surface area contributed by atoms with Crippen molar-refractivity contribution >= 4 is 11.8 Å². The number of carbonyl (C=O) groups is 1. The Morgan fingerprint density at radius 1 is 1.62 bits per heavy atom. The quantitative estimate of drug-likeness (QED) is 0.512. The fourth-order valence-electron chi connectivity index (χ4n) is 1.23. The van der Waals surface area contributed by atoms with E-state index in [1.807, 2.05) is 19.0 Å². The zero-order valence-electron chi connectivity index (χ0n) is 8.24. The van der Waals surface area contributed by atoms with E-state index in [-0.39, 0.29) is 5.69 Å². The summed E-state index contributed by atoms with van der Waals surface area (Å²) >= 11 is 0. The molecule has 0 aliphatic rings. The first-order chi connectivity index (χ1) is 5.95. The Balaban J connectivity index is 3.28. The third-order valence-electron chi connectivity index (χ3n) is 2.06. The van der Waals surface area contributed by atoms with Crippen LogP contribution in [0.3, 0.4) is 0 Å². The van der Waals surface area contributed by atoms with Crippen LogP contribution >= 0.6 is 0 Å². The van der Waals surface area contributed by atoms with E-state index in [9.17, 15) is 9.90 Å². The molecule has 0 N–H and O–H groups in total. The maximum absolute atomic E-state index is 10.6. The zero-order valence-corrected chi connectivity index (χ0v) is 8.24. The van der Waals surface area contributed by atoms with Crippen LogP contribution in [-0.4, -0.2) is 24.7 Å². The molecule has 0 saturated carbocycles. The smallest absolute Gasteiger partial charge is 0.297 e. The lowest BCUT2D eigenvalue weighted by atomic mass is 10.4. The van der Waals surface area contributed by atoms with Crippen molar-refractivity contribution in [3.05, 3.63) is 11.8 Å². The Bertz CT molecular complexity index is 341. The Hall–Kier alpha value is -1.52. The molecule has 0 saturated heterocycles. The first kappa shape index (κ1) is 9.57. The molecular formula is C8H13N3O2. The molecule has 0 bridgehead atoms. The van der Waals surface area contributed by atoms with Crippen LogP contribution in [0.15, 0.2) is 6.07 Å². The molecule has 1 rings (SSSR count). The zero-order chi connectivity index (χ0) is 10.2.